The number of carbonyl (C=O) groups excluding carboxylic acids is 1. The van der Waals surface area contributed by atoms with Crippen LogP contribution in [-0.4, -0.2) is 36.6 Å². The van der Waals surface area contributed by atoms with Crippen LogP contribution in [-0.2, 0) is 9.53 Å². The van der Waals surface area contributed by atoms with Gasteiger partial charge in [0, 0.05) is 30.6 Å². The average Bonchev–Trinajstić information content (AvgIpc) is 2.96. The van der Waals surface area contributed by atoms with Crippen LogP contribution in [0.15, 0.2) is 18.2 Å². The lowest BCUT2D eigenvalue weighted by Gasteiger charge is -2.14. The van der Waals surface area contributed by atoms with Crippen molar-refractivity contribution in [3.05, 3.63) is 27.4 Å². The van der Waals surface area contributed by atoms with Gasteiger partial charge >= 0.3 is 0 Å². The van der Waals surface area contributed by atoms with Crippen LogP contribution in [0.5, 0.6) is 0 Å². The maximum atomic E-state index is 11.9. The molecular weight excluding hydrogens is 270 g/mol. The molecule has 1 amide bonds. The van der Waals surface area contributed by atoms with Crippen molar-refractivity contribution in [2.24, 2.45) is 0 Å². The fraction of sp³-hybridized carbons (Fsp3) is 0.462. The molecule has 0 saturated carbocycles. The molecule has 0 radical (unpaired) electrons. The third-order valence-corrected chi connectivity index (χ3v) is 4.04. The normalized spacial score (nSPS) is 19.9. The Hall–Kier alpha value is -0.840. The van der Waals surface area contributed by atoms with Crippen LogP contribution in [0.1, 0.15) is 18.2 Å². The van der Waals surface area contributed by atoms with Crippen molar-refractivity contribution in [3.8, 4) is 0 Å². The van der Waals surface area contributed by atoms with Crippen LogP contribution < -0.4 is 0 Å². The van der Waals surface area contributed by atoms with Crippen LogP contribution in [0.25, 0.3) is 6.08 Å². The molecule has 0 spiro atoms. The number of hydrogen-bond donors (Lipinski definition) is 0. The lowest BCUT2D eigenvalue weighted by molar-refractivity contribution is -0.125. The number of ether oxygens (including phenoxy) is 1. The van der Waals surface area contributed by atoms with Gasteiger partial charge in [0.1, 0.15) is 0 Å². The Bertz CT molecular complexity index is 444. The smallest absolute Gasteiger partial charge is 0.246 e. The first-order valence-corrected chi connectivity index (χ1v) is 7.22. The molecule has 1 aromatic rings. The summed E-state index contributed by atoms with van der Waals surface area (Å²) < 4.78 is 6.25. The van der Waals surface area contributed by atoms with E-state index in [0.717, 1.165) is 22.2 Å². The third kappa shape index (κ3) is 3.57. The zero-order valence-electron chi connectivity index (χ0n) is 10.3. The van der Waals surface area contributed by atoms with Crippen LogP contribution in [0.3, 0.4) is 0 Å². The summed E-state index contributed by atoms with van der Waals surface area (Å²) in [5, 5.41) is 0. The van der Waals surface area contributed by atoms with E-state index in [4.69, 9.17) is 16.3 Å². The molecule has 1 saturated heterocycles. The predicted molar refractivity (Wildman–Crippen MR) is 75.0 cm³/mol. The number of amides is 1. The van der Waals surface area contributed by atoms with E-state index >= 15 is 0 Å². The summed E-state index contributed by atoms with van der Waals surface area (Å²) in [5.41, 5.74) is 0. The molecular formula is C13H16ClNO2S. The molecule has 0 bridgehead atoms. The SMILES string of the molecule is CCO[C@@H]1CCN(C(=O)C=Cc2ccc(Cl)s2)C1. The van der Waals surface area contributed by atoms with E-state index < -0.39 is 0 Å². The first-order chi connectivity index (χ1) is 8.69. The molecule has 18 heavy (non-hydrogen) atoms. The van der Waals surface area contributed by atoms with Gasteiger partial charge in [-0.1, -0.05) is 11.6 Å². The van der Waals surface area contributed by atoms with E-state index in [2.05, 4.69) is 0 Å². The second-order valence-electron chi connectivity index (χ2n) is 4.13. The van der Waals surface area contributed by atoms with E-state index in [1.807, 2.05) is 30.0 Å². The lowest BCUT2D eigenvalue weighted by atomic mass is 10.3. The Morgan fingerprint density at radius 3 is 3.17 bits per heavy atom. The van der Waals surface area contributed by atoms with Gasteiger partial charge in [0.05, 0.1) is 10.4 Å². The summed E-state index contributed by atoms with van der Waals surface area (Å²) in [5.74, 6) is 0.0433. The van der Waals surface area contributed by atoms with Gasteiger partial charge in [-0.15, -0.1) is 11.3 Å². The van der Waals surface area contributed by atoms with Gasteiger partial charge in [-0.05, 0) is 31.6 Å². The molecule has 0 N–H and O–H groups in total. The zero-order chi connectivity index (χ0) is 13.0. The minimum atomic E-state index is 0.0433. The summed E-state index contributed by atoms with van der Waals surface area (Å²) in [6.45, 7) is 4.16. The molecule has 1 fully saturated rings. The summed E-state index contributed by atoms with van der Waals surface area (Å²) in [4.78, 5) is 14.8. The molecule has 5 heteroatoms. The molecule has 2 rings (SSSR count). The fourth-order valence-electron chi connectivity index (χ4n) is 1.98. The van der Waals surface area contributed by atoms with Crippen LogP contribution in [0.4, 0.5) is 0 Å². The third-order valence-electron chi connectivity index (χ3n) is 2.84. The largest absolute Gasteiger partial charge is 0.377 e. The highest BCUT2D eigenvalue weighted by Gasteiger charge is 2.24. The molecule has 1 aromatic heterocycles. The Kier molecular flexibility index (Phi) is 4.80. The van der Waals surface area contributed by atoms with Crippen molar-refractivity contribution >= 4 is 34.9 Å². The molecule has 0 aromatic carbocycles. The molecule has 3 nitrogen and oxygen atoms in total. The minimum Gasteiger partial charge on any atom is -0.377 e. The van der Waals surface area contributed by atoms with Gasteiger partial charge in [0.25, 0.3) is 0 Å². The number of rotatable bonds is 4. The lowest BCUT2D eigenvalue weighted by Crippen LogP contribution is -2.28. The van der Waals surface area contributed by atoms with Gasteiger partial charge < -0.3 is 9.64 Å². The molecule has 1 aliphatic heterocycles. The van der Waals surface area contributed by atoms with Crippen molar-refractivity contribution < 1.29 is 9.53 Å². The van der Waals surface area contributed by atoms with Crippen LogP contribution in [0, 0.1) is 0 Å². The molecule has 0 aliphatic carbocycles. The number of halogens is 1. The fourth-order valence-corrected chi connectivity index (χ4v) is 2.94. The second-order valence-corrected chi connectivity index (χ2v) is 5.87. The van der Waals surface area contributed by atoms with Crippen molar-refractivity contribution in [2.75, 3.05) is 19.7 Å². The van der Waals surface area contributed by atoms with Crippen molar-refractivity contribution in [2.45, 2.75) is 19.4 Å². The van der Waals surface area contributed by atoms with Crippen molar-refractivity contribution in [1.82, 2.24) is 4.90 Å². The van der Waals surface area contributed by atoms with Gasteiger partial charge in [0.2, 0.25) is 5.91 Å². The summed E-state index contributed by atoms with van der Waals surface area (Å²) in [7, 11) is 0. The number of nitrogens with zero attached hydrogens (tertiary/aromatic N) is 1. The molecule has 1 atom stereocenters. The maximum Gasteiger partial charge on any atom is 0.246 e. The topological polar surface area (TPSA) is 29.5 Å². The first kappa shape index (κ1) is 13.6. The summed E-state index contributed by atoms with van der Waals surface area (Å²) >= 11 is 7.29. The van der Waals surface area contributed by atoms with Gasteiger partial charge in [-0.25, -0.2) is 0 Å². The monoisotopic (exact) mass is 285 g/mol. The van der Waals surface area contributed by atoms with Gasteiger partial charge in [0.15, 0.2) is 0 Å². The minimum absolute atomic E-state index is 0.0433. The van der Waals surface area contributed by atoms with Crippen LogP contribution in [0.2, 0.25) is 4.34 Å². The van der Waals surface area contributed by atoms with Gasteiger partial charge in [-0.3, -0.25) is 4.79 Å². The molecule has 0 unspecified atom stereocenters. The van der Waals surface area contributed by atoms with E-state index in [-0.39, 0.29) is 12.0 Å². The average molecular weight is 286 g/mol. The molecule has 2 heterocycles. The Labute approximate surface area is 116 Å². The number of thiophene rings is 1. The Morgan fingerprint density at radius 2 is 2.50 bits per heavy atom. The summed E-state index contributed by atoms with van der Waals surface area (Å²) in [6, 6.07) is 3.74. The van der Waals surface area contributed by atoms with Crippen LogP contribution >= 0.6 is 22.9 Å². The highest BCUT2D eigenvalue weighted by Crippen LogP contribution is 2.22. The molecule has 1 aliphatic rings. The Balaban J connectivity index is 1.87. The highest BCUT2D eigenvalue weighted by molar-refractivity contribution is 7.17. The van der Waals surface area contributed by atoms with E-state index in [1.54, 1.807) is 6.08 Å². The predicted octanol–water partition coefficient (Wildman–Crippen LogP) is 3.05. The van der Waals surface area contributed by atoms with E-state index in [9.17, 15) is 4.79 Å². The van der Waals surface area contributed by atoms with Crippen molar-refractivity contribution in [3.63, 3.8) is 0 Å². The number of likely N-dealkylation sites (tertiary alicyclic amines) is 1. The maximum absolute atomic E-state index is 11.9. The molecule has 98 valence electrons. The zero-order valence-corrected chi connectivity index (χ0v) is 11.8. The first-order valence-electron chi connectivity index (χ1n) is 6.03. The Morgan fingerprint density at radius 1 is 1.67 bits per heavy atom. The van der Waals surface area contributed by atoms with Crippen molar-refractivity contribution in [1.29, 1.82) is 0 Å². The van der Waals surface area contributed by atoms with Gasteiger partial charge in [-0.2, -0.15) is 0 Å². The number of carbonyl (C=O) groups is 1. The highest BCUT2D eigenvalue weighted by atomic mass is 35.5. The standard InChI is InChI=1S/C13H16ClNO2S/c1-2-17-10-7-8-15(9-10)13(16)6-4-11-3-5-12(14)18-11/h3-6,10H,2,7-9H2,1H3/t10-/m1/s1. The van der Waals surface area contributed by atoms with E-state index in [0.29, 0.717) is 13.2 Å². The number of hydrogen-bond acceptors (Lipinski definition) is 3. The summed E-state index contributed by atoms with van der Waals surface area (Å²) in [6.07, 6.45) is 4.55. The second kappa shape index (κ2) is 6.36. The van der Waals surface area contributed by atoms with E-state index in [1.165, 1.54) is 11.3 Å². The quantitative estimate of drug-likeness (QED) is 0.796.